The second-order valence-electron chi connectivity index (χ2n) is 7.79. The predicted molar refractivity (Wildman–Crippen MR) is 122 cm³/mol. The van der Waals surface area contributed by atoms with Crippen LogP contribution in [0.1, 0.15) is 18.1 Å². The molecule has 0 unspecified atom stereocenters. The summed E-state index contributed by atoms with van der Waals surface area (Å²) in [5.74, 6) is -0.584. The van der Waals surface area contributed by atoms with E-state index in [0.717, 1.165) is 34.2 Å². The lowest BCUT2D eigenvalue weighted by Crippen LogP contribution is -1.99. The van der Waals surface area contributed by atoms with Crippen LogP contribution in [-0.4, -0.2) is 21.4 Å². The molecule has 2 heterocycles. The maximum atomic E-state index is 14.5. The molecule has 0 radical (unpaired) electrons. The van der Waals surface area contributed by atoms with Gasteiger partial charge in [-0.05, 0) is 74.4 Å². The van der Waals surface area contributed by atoms with Gasteiger partial charge in [0.05, 0.1) is 17.8 Å². The van der Waals surface area contributed by atoms with Crippen molar-refractivity contribution in [1.29, 1.82) is 0 Å². The predicted octanol–water partition coefficient (Wildman–Crippen LogP) is 6.53. The molecule has 0 N–H and O–H groups in total. The van der Waals surface area contributed by atoms with Gasteiger partial charge >= 0.3 is 0 Å². The molecule has 6 heteroatoms. The van der Waals surface area contributed by atoms with Crippen LogP contribution >= 0.6 is 0 Å². The van der Waals surface area contributed by atoms with Crippen molar-refractivity contribution < 1.29 is 13.5 Å². The van der Waals surface area contributed by atoms with Gasteiger partial charge in [0.1, 0.15) is 22.8 Å². The molecule has 0 aliphatic rings. The van der Waals surface area contributed by atoms with Crippen LogP contribution in [0.15, 0.2) is 60.8 Å². The van der Waals surface area contributed by atoms with Gasteiger partial charge in [-0.15, -0.1) is 0 Å². The molecule has 3 aromatic carbocycles. The second kappa shape index (κ2) is 7.71. The first-order valence-corrected chi connectivity index (χ1v) is 10.4. The molecule has 0 saturated heterocycles. The number of ether oxygens (including phenoxy) is 1. The van der Waals surface area contributed by atoms with Crippen molar-refractivity contribution in [3.63, 3.8) is 0 Å². The van der Waals surface area contributed by atoms with E-state index in [1.54, 1.807) is 10.9 Å². The zero-order chi connectivity index (χ0) is 22.4. The number of nitrogens with zero attached hydrogens (tertiary/aromatic N) is 3. The molecule has 0 atom stereocenters. The molecular weight excluding hydrogens is 408 g/mol. The summed E-state index contributed by atoms with van der Waals surface area (Å²) < 4.78 is 36.0. The highest BCUT2D eigenvalue weighted by Crippen LogP contribution is 2.35. The lowest BCUT2D eigenvalue weighted by Gasteiger charge is -2.09. The minimum Gasteiger partial charge on any atom is -0.494 e. The summed E-state index contributed by atoms with van der Waals surface area (Å²) in [6, 6.07) is 15.8. The first kappa shape index (κ1) is 20.1. The molecule has 0 saturated carbocycles. The van der Waals surface area contributed by atoms with E-state index in [1.165, 1.54) is 6.07 Å². The van der Waals surface area contributed by atoms with Crippen LogP contribution in [0.4, 0.5) is 8.78 Å². The van der Waals surface area contributed by atoms with Crippen molar-refractivity contribution in [2.24, 2.45) is 0 Å². The lowest BCUT2D eigenvalue weighted by atomic mass is 10.1. The summed E-state index contributed by atoms with van der Waals surface area (Å²) in [7, 11) is 0. The highest BCUT2D eigenvalue weighted by atomic mass is 19.1. The quantitative estimate of drug-likeness (QED) is 0.326. The summed E-state index contributed by atoms with van der Waals surface area (Å²) in [5, 5.41) is 5.97. The van der Waals surface area contributed by atoms with Crippen LogP contribution in [0.2, 0.25) is 0 Å². The van der Waals surface area contributed by atoms with Crippen LogP contribution in [0.3, 0.4) is 0 Å². The van der Waals surface area contributed by atoms with Crippen molar-refractivity contribution >= 4 is 21.8 Å². The number of aryl methyl sites for hydroxylation is 2. The van der Waals surface area contributed by atoms with Crippen LogP contribution < -0.4 is 4.74 Å². The highest BCUT2D eigenvalue weighted by molar-refractivity contribution is 6.08. The zero-order valence-corrected chi connectivity index (χ0v) is 18.0. The van der Waals surface area contributed by atoms with Gasteiger partial charge in [0.15, 0.2) is 5.82 Å². The largest absolute Gasteiger partial charge is 0.494 e. The molecule has 0 bridgehead atoms. The number of hydrogen-bond acceptors (Lipinski definition) is 3. The number of rotatable bonds is 4. The number of fused-ring (bicyclic) bond motifs is 3. The number of halogens is 2. The van der Waals surface area contributed by atoms with Crippen molar-refractivity contribution in [3.8, 4) is 22.7 Å². The third-order valence-electron chi connectivity index (χ3n) is 5.70. The standard InChI is InChI=1S/C26H21F2N3O/c1-4-32-20-9-6-17(7-10-20)24-22-14-29-25-21(12-18(27)13-23(25)28)26(22)31(30-24)19-8-5-15(2)16(3)11-19/h5-14H,4H2,1-3H3. The van der Waals surface area contributed by atoms with Crippen LogP contribution in [0, 0.1) is 25.5 Å². The van der Waals surface area contributed by atoms with Gasteiger partial charge in [0.25, 0.3) is 0 Å². The highest BCUT2D eigenvalue weighted by Gasteiger charge is 2.19. The first-order valence-electron chi connectivity index (χ1n) is 10.4. The fourth-order valence-electron chi connectivity index (χ4n) is 3.95. The Morgan fingerprint density at radius 1 is 0.906 bits per heavy atom. The molecule has 0 aliphatic heterocycles. The van der Waals surface area contributed by atoms with Gasteiger partial charge < -0.3 is 4.74 Å². The molecule has 2 aromatic heterocycles. The van der Waals surface area contributed by atoms with Gasteiger partial charge in [-0.3, -0.25) is 4.98 Å². The number of benzene rings is 3. The van der Waals surface area contributed by atoms with Crippen LogP contribution in [-0.2, 0) is 0 Å². The van der Waals surface area contributed by atoms with Gasteiger partial charge in [-0.2, -0.15) is 5.10 Å². The van der Waals surface area contributed by atoms with Crippen LogP contribution in [0.25, 0.3) is 38.8 Å². The topological polar surface area (TPSA) is 39.9 Å². The van der Waals surface area contributed by atoms with E-state index in [-0.39, 0.29) is 5.52 Å². The summed E-state index contributed by atoms with van der Waals surface area (Å²) in [6.07, 6.45) is 1.61. The first-order chi connectivity index (χ1) is 15.5. The van der Waals surface area contributed by atoms with E-state index in [4.69, 9.17) is 9.84 Å². The molecule has 5 rings (SSSR count). The Bertz CT molecular complexity index is 1470. The molecule has 4 nitrogen and oxygen atoms in total. The van der Waals surface area contributed by atoms with Gasteiger partial charge in [-0.1, -0.05) is 6.07 Å². The lowest BCUT2D eigenvalue weighted by molar-refractivity contribution is 0.340. The Morgan fingerprint density at radius 3 is 2.41 bits per heavy atom. The molecule has 0 spiro atoms. The Hall–Kier alpha value is -3.80. The fourth-order valence-corrected chi connectivity index (χ4v) is 3.95. The van der Waals surface area contributed by atoms with E-state index in [9.17, 15) is 8.78 Å². The van der Waals surface area contributed by atoms with Crippen molar-refractivity contribution in [2.75, 3.05) is 6.61 Å². The molecular formula is C26H21F2N3O. The van der Waals surface area contributed by atoms with E-state index in [0.29, 0.717) is 28.6 Å². The SMILES string of the molecule is CCOc1ccc(-c2nn(-c3ccc(C)c(C)c3)c3c2cnc2c(F)cc(F)cc23)cc1. The zero-order valence-electron chi connectivity index (χ0n) is 18.0. The second-order valence-corrected chi connectivity index (χ2v) is 7.79. The Labute approximate surface area is 184 Å². The summed E-state index contributed by atoms with van der Waals surface area (Å²) >= 11 is 0. The van der Waals surface area contributed by atoms with Crippen molar-refractivity contribution in [3.05, 3.63) is 83.6 Å². The molecule has 0 amide bonds. The average Bonchev–Trinajstić information content (AvgIpc) is 3.16. The van der Waals surface area contributed by atoms with Gasteiger partial charge in [0, 0.05) is 28.6 Å². The van der Waals surface area contributed by atoms with Crippen molar-refractivity contribution in [2.45, 2.75) is 20.8 Å². The Morgan fingerprint density at radius 2 is 1.69 bits per heavy atom. The monoisotopic (exact) mass is 429 g/mol. The van der Waals surface area contributed by atoms with Gasteiger partial charge in [0.2, 0.25) is 0 Å². The van der Waals surface area contributed by atoms with E-state index in [2.05, 4.69) is 4.98 Å². The summed E-state index contributed by atoms with van der Waals surface area (Å²) in [5.41, 5.74) is 5.33. The summed E-state index contributed by atoms with van der Waals surface area (Å²) in [6.45, 7) is 6.57. The third-order valence-corrected chi connectivity index (χ3v) is 5.70. The number of aromatic nitrogens is 3. The van der Waals surface area contributed by atoms with Crippen molar-refractivity contribution in [1.82, 2.24) is 14.8 Å². The third kappa shape index (κ3) is 3.28. The molecule has 160 valence electrons. The minimum absolute atomic E-state index is 0.113. The smallest absolute Gasteiger partial charge is 0.152 e. The normalized spacial score (nSPS) is 11.4. The van der Waals surface area contributed by atoms with E-state index in [1.807, 2.05) is 63.2 Å². The molecule has 32 heavy (non-hydrogen) atoms. The Balaban J connectivity index is 1.84. The fraction of sp³-hybridized carbons (Fsp3) is 0.154. The maximum Gasteiger partial charge on any atom is 0.152 e. The maximum absolute atomic E-state index is 14.5. The molecule has 0 fully saturated rings. The van der Waals surface area contributed by atoms with Crippen LogP contribution in [0.5, 0.6) is 5.75 Å². The molecule has 0 aliphatic carbocycles. The summed E-state index contributed by atoms with van der Waals surface area (Å²) in [4.78, 5) is 4.30. The minimum atomic E-state index is -0.697. The number of hydrogen-bond donors (Lipinski definition) is 0. The molecule has 5 aromatic rings. The van der Waals surface area contributed by atoms with E-state index < -0.39 is 11.6 Å². The average molecular weight is 429 g/mol. The Kier molecular flexibility index (Phi) is 4.85. The van der Waals surface area contributed by atoms with E-state index >= 15 is 0 Å². The van der Waals surface area contributed by atoms with Gasteiger partial charge in [-0.25, -0.2) is 13.5 Å². The number of pyridine rings is 1.